The minimum absolute atomic E-state index is 0.0936. The average molecular weight is 485 g/mol. The lowest BCUT2D eigenvalue weighted by atomic mass is 9.97. The highest BCUT2D eigenvalue weighted by atomic mass is 79.9. The van der Waals surface area contributed by atoms with Crippen LogP contribution in [0.4, 0.5) is 0 Å². The van der Waals surface area contributed by atoms with Gasteiger partial charge in [-0.3, -0.25) is 14.9 Å². The monoisotopic (exact) mass is 484 g/mol. The molecule has 0 spiro atoms. The number of nitrogens with one attached hydrogen (secondary N) is 1. The van der Waals surface area contributed by atoms with E-state index in [1.54, 1.807) is 25.1 Å². The minimum Gasteiger partial charge on any atom is -0.492 e. The van der Waals surface area contributed by atoms with Gasteiger partial charge in [-0.1, -0.05) is 13.8 Å². The number of ether oxygens (including phenoxy) is 2. The second-order valence-corrected chi connectivity index (χ2v) is 8.69. The number of halogens is 1. The van der Waals surface area contributed by atoms with Gasteiger partial charge in [0, 0.05) is 18.7 Å². The molecule has 1 aromatic carbocycles. The number of thiocarbonyl (C=S) groups is 1. The molecule has 0 saturated carbocycles. The van der Waals surface area contributed by atoms with Gasteiger partial charge in [-0.05, 0) is 78.5 Å². The fourth-order valence-corrected chi connectivity index (χ4v) is 3.76. The van der Waals surface area contributed by atoms with Crippen LogP contribution in [0.1, 0.15) is 50.4 Å². The van der Waals surface area contributed by atoms with Crippen LogP contribution in [0.15, 0.2) is 22.7 Å². The molecule has 1 amide bonds. The standard InChI is InChI=1S/C21H29BrN2O4S/c1-4-27-20(26)15-7-10-24(11-8-15)21(29)23-19(25)16-5-6-18(17(22)13-16)28-12-9-14(2)3/h5-6,13-15H,4,7-12H2,1-3H3,(H,23,25,29). The molecule has 8 heteroatoms. The van der Waals surface area contributed by atoms with E-state index in [9.17, 15) is 9.59 Å². The fraction of sp³-hybridized carbons (Fsp3) is 0.571. The van der Waals surface area contributed by atoms with Gasteiger partial charge >= 0.3 is 5.97 Å². The first-order valence-electron chi connectivity index (χ1n) is 10.0. The van der Waals surface area contributed by atoms with Crippen molar-refractivity contribution in [2.45, 2.75) is 40.0 Å². The van der Waals surface area contributed by atoms with Crippen LogP contribution in [0.3, 0.4) is 0 Å². The molecule has 2 rings (SSSR count). The Morgan fingerprint density at radius 3 is 2.59 bits per heavy atom. The molecule has 1 heterocycles. The van der Waals surface area contributed by atoms with E-state index in [1.807, 2.05) is 4.90 Å². The molecule has 0 aromatic heterocycles. The number of nitrogens with zero attached hydrogens (tertiary/aromatic N) is 1. The molecule has 1 aromatic rings. The Labute approximate surface area is 186 Å². The molecule has 0 aliphatic carbocycles. The maximum absolute atomic E-state index is 12.6. The van der Waals surface area contributed by atoms with Crippen LogP contribution >= 0.6 is 28.1 Å². The van der Waals surface area contributed by atoms with Gasteiger partial charge in [0.05, 0.1) is 23.6 Å². The molecule has 0 bridgehead atoms. The van der Waals surface area contributed by atoms with Gasteiger partial charge in [0.2, 0.25) is 0 Å². The first kappa shape index (κ1) is 23.6. The highest BCUT2D eigenvalue weighted by Crippen LogP contribution is 2.26. The molecular formula is C21H29BrN2O4S. The van der Waals surface area contributed by atoms with Crippen molar-refractivity contribution in [1.29, 1.82) is 0 Å². The summed E-state index contributed by atoms with van der Waals surface area (Å²) >= 11 is 8.85. The number of amides is 1. The predicted octanol–water partition coefficient (Wildman–Crippen LogP) is 4.16. The first-order chi connectivity index (χ1) is 13.8. The minimum atomic E-state index is -0.267. The van der Waals surface area contributed by atoms with E-state index in [1.165, 1.54) is 0 Å². The molecule has 6 nitrogen and oxygen atoms in total. The van der Waals surface area contributed by atoms with Gasteiger partial charge in [0.1, 0.15) is 5.75 Å². The summed E-state index contributed by atoms with van der Waals surface area (Å²) in [4.78, 5) is 26.3. The Balaban J connectivity index is 1.86. The van der Waals surface area contributed by atoms with Crippen molar-refractivity contribution in [3.8, 4) is 5.75 Å². The van der Waals surface area contributed by atoms with Crippen LogP contribution < -0.4 is 10.1 Å². The number of hydrogen-bond acceptors (Lipinski definition) is 5. The van der Waals surface area contributed by atoms with Crippen molar-refractivity contribution >= 4 is 45.1 Å². The van der Waals surface area contributed by atoms with Crippen molar-refractivity contribution in [1.82, 2.24) is 10.2 Å². The number of hydrogen-bond donors (Lipinski definition) is 1. The van der Waals surface area contributed by atoms with Gasteiger partial charge in [0.15, 0.2) is 5.11 Å². The van der Waals surface area contributed by atoms with Crippen LogP contribution in [-0.2, 0) is 9.53 Å². The smallest absolute Gasteiger partial charge is 0.309 e. The molecule has 1 fully saturated rings. The molecule has 1 saturated heterocycles. The molecular weight excluding hydrogens is 456 g/mol. The van der Waals surface area contributed by atoms with Crippen molar-refractivity contribution in [3.63, 3.8) is 0 Å². The maximum Gasteiger partial charge on any atom is 0.309 e. The molecule has 0 atom stereocenters. The molecule has 1 aliphatic heterocycles. The van der Waals surface area contributed by atoms with Crippen LogP contribution in [0.2, 0.25) is 0 Å². The summed E-state index contributed by atoms with van der Waals surface area (Å²) in [5, 5.41) is 3.16. The molecule has 1 N–H and O–H groups in total. The van der Waals surface area contributed by atoms with E-state index in [-0.39, 0.29) is 17.8 Å². The summed E-state index contributed by atoms with van der Waals surface area (Å²) in [5.74, 6) is 0.775. The average Bonchev–Trinajstić information content (AvgIpc) is 2.69. The van der Waals surface area contributed by atoms with Gasteiger partial charge < -0.3 is 14.4 Å². The Bertz CT molecular complexity index is 733. The predicted molar refractivity (Wildman–Crippen MR) is 120 cm³/mol. The first-order valence-corrected chi connectivity index (χ1v) is 11.2. The molecule has 0 radical (unpaired) electrons. The molecule has 160 valence electrons. The Morgan fingerprint density at radius 2 is 2.00 bits per heavy atom. The quantitative estimate of drug-likeness (QED) is 0.462. The summed E-state index contributed by atoms with van der Waals surface area (Å²) in [5.41, 5.74) is 0.497. The van der Waals surface area contributed by atoms with Crippen LogP contribution in [0.25, 0.3) is 0 Å². The van der Waals surface area contributed by atoms with E-state index in [2.05, 4.69) is 35.1 Å². The topological polar surface area (TPSA) is 67.9 Å². The van der Waals surface area contributed by atoms with Gasteiger partial charge in [-0.25, -0.2) is 0 Å². The van der Waals surface area contributed by atoms with Crippen LogP contribution in [-0.4, -0.2) is 48.2 Å². The summed E-state index contributed by atoms with van der Waals surface area (Å²) in [6, 6.07) is 5.24. The summed E-state index contributed by atoms with van der Waals surface area (Å²) in [6.07, 6.45) is 2.31. The number of carbonyl (C=O) groups is 2. The zero-order chi connectivity index (χ0) is 21.4. The van der Waals surface area contributed by atoms with E-state index in [4.69, 9.17) is 21.7 Å². The number of carbonyl (C=O) groups excluding carboxylic acids is 2. The van der Waals surface area contributed by atoms with Crippen molar-refractivity contribution in [2.75, 3.05) is 26.3 Å². The molecule has 0 unspecified atom stereocenters. The highest BCUT2D eigenvalue weighted by Gasteiger charge is 2.27. The van der Waals surface area contributed by atoms with E-state index in [0.29, 0.717) is 61.5 Å². The number of benzene rings is 1. The summed E-state index contributed by atoms with van der Waals surface area (Å²) in [7, 11) is 0. The van der Waals surface area contributed by atoms with Gasteiger partial charge in [0.25, 0.3) is 5.91 Å². The summed E-state index contributed by atoms with van der Waals surface area (Å²) < 4.78 is 11.6. The zero-order valence-electron chi connectivity index (χ0n) is 17.2. The lowest BCUT2D eigenvalue weighted by Crippen LogP contribution is -2.47. The second kappa shape index (κ2) is 11.5. The van der Waals surface area contributed by atoms with E-state index in [0.717, 1.165) is 10.9 Å². The Hall–Kier alpha value is -1.67. The molecule has 29 heavy (non-hydrogen) atoms. The fourth-order valence-electron chi connectivity index (χ4n) is 2.99. The normalized spacial score (nSPS) is 14.6. The van der Waals surface area contributed by atoms with E-state index >= 15 is 0 Å². The maximum atomic E-state index is 12.6. The van der Waals surface area contributed by atoms with Gasteiger partial charge in [-0.15, -0.1) is 0 Å². The largest absolute Gasteiger partial charge is 0.492 e. The van der Waals surface area contributed by atoms with Gasteiger partial charge in [-0.2, -0.15) is 0 Å². The lowest BCUT2D eigenvalue weighted by molar-refractivity contribution is -0.149. The highest BCUT2D eigenvalue weighted by molar-refractivity contribution is 9.10. The number of likely N-dealkylation sites (tertiary alicyclic amines) is 1. The van der Waals surface area contributed by atoms with E-state index < -0.39 is 0 Å². The zero-order valence-corrected chi connectivity index (χ0v) is 19.6. The number of esters is 1. The van der Waals surface area contributed by atoms with Crippen molar-refractivity contribution in [3.05, 3.63) is 28.2 Å². The number of rotatable bonds is 7. The van der Waals surface area contributed by atoms with Crippen molar-refractivity contribution in [2.24, 2.45) is 11.8 Å². The van der Waals surface area contributed by atoms with Crippen LogP contribution in [0.5, 0.6) is 5.75 Å². The third-order valence-electron chi connectivity index (χ3n) is 4.77. The Kier molecular flexibility index (Phi) is 9.36. The van der Waals surface area contributed by atoms with Crippen LogP contribution in [0, 0.1) is 11.8 Å². The summed E-state index contributed by atoms with van der Waals surface area (Å²) in [6.45, 7) is 8.37. The second-order valence-electron chi connectivity index (χ2n) is 7.45. The SMILES string of the molecule is CCOC(=O)C1CCN(C(=S)NC(=O)c2ccc(OCCC(C)C)c(Br)c2)CC1. The third-order valence-corrected chi connectivity index (χ3v) is 5.75. The van der Waals surface area contributed by atoms with Crippen molar-refractivity contribution < 1.29 is 19.1 Å². The lowest BCUT2D eigenvalue weighted by Gasteiger charge is -2.32. The molecule has 1 aliphatic rings. The number of piperidine rings is 1. The third kappa shape index (κ3) is 7.26. The Morgan fingerprint density at radius 1 is 1.31 bits per heavy atom.